The monoisotopic (exact) mass is 197 g/mol. The zero-order chi connectivity index (χ0) is 10.7. The predicted octanol–water partition coefficient (Wildman–Crippen LogP) is 0.781. The van der Waals surface area contributed by atoms with Crippen molar-refractivity contribution in [2.45, 2.75) is 19.1 Å². The molecule has 0 aliphatic carbocycles. The molecule has 0 bridgehead atoms. The molecule has 0 heterocycles. The number of aliphatic hydroxyl groups excluding tert-OH is 1. The summed E-state index contributed by atoms with van der Waals surface area (Å²) in [7, 11) is 1.47. The average Bonchev–Trinajstić information content (AvgIpc) is 2.17. The van der Waals surface area contributed by atoms with Gasteiger partial charge in [-0.25, -0.2) is 0 Å². The van der Waals surface area contributed by atoms with Crippen LogP contribution in [0.3, 0.4) is 0 Å². The molecular formula is C10H15NO3. The Morgan fingerprint density at radius 3 is 2.57 bits per heavy atom. The summed E-state index contributed by atoms with van der Waals surface area (Å²) in [6, 6.07) is 4.31. The molecule has 4 N–H and O–H groups in total. The highest BCUT2D eigenvalue weighted by molar-refractivity contribution is 5.42. The van der Waals surface area contributed by atoms with E-state index in [0.29, 0.717) is 5.75 Å². The maximum absolute atomic E-state index is 9.33. The number of nitrogens with two attached hydrogens (primary N) is 1. The van der Waals surface area contributed by atoms with E-state index in [1.54, 1.807) is 19.1 Å². The van der Waals surface area contributed by atoms with E-state index in [-0.39, 0.29) is 5.75 Å². The standard InChI is InChI=1S/C10H15NO3/c1-6(12)10(11)7-3-4-8(13)9(5-7)14-2/h3-6,10,12-13H,11H2,1-2H3/t6-,10+/m0/s1. The summed E-state index contributed by atoms with van der Waals surface area (Å²) in [6.07, 6.45) is -0.635. The van der Waals surface area contributed by atoms with Crippen molar-refractivity contribution in [1.82, 2.24) is 0 Å². The number of aliphatic hydroxyl groups is 1. The quantitative estimate of drug-likeness (QED) is 0.669. The highest BCUT2D eigenvalue weighted by atomic mass is 16.5. The minimum atomic E-state index is -0.635. The molecule has 0 saturated carbocycles. The van der Waals surface area contributed by atoms with E-state index in [2.05, 4.69) is 0 Å². The smallest absolute Gasteiger partial charge is 0.160 e. The van der Waals surface area contributed by atoms with Crippen molar-refractivity contribution in [2.75, 3.05) is 7.11 Å². The van der Waals surface area contributed by atoms with Gasteiger partial charge >= 0.3 is 0 Å². The summed E-state index contributed by atoms with van der Waals surface area (Å²) in [5, 5.41) is 18.6. The second-order valence-corrected chi connectivity index (χ2v) is 3.20. The molecule has 0 radical (unpaired) electrons. The van der Waals surface area contributed by atoms with Crippen molar-refractivity contribution >= 4 is 0 Å². The summed E-state index contributed by atoms with van der Waals surface area (Å²) < 4.78 is 4.93. The van der Waals surface area contributed by atoms with Crippen molar-refractivity contribution in [1.29, 1.82) is 0 Å². The van der Waals surface area contributed by atoms with Crippen molar-refractivity contribution < 1.29 is 14.9 Å². The van der Waals surface area contributed by atoms with Crippen LogP contribution in [0.15, 0.2) is 18.2 Å². The van der Waals surface area contributed by atoms with Crippen molar-refractivity contribution in [2.24, 2.45) is 5.73 Å². The molecule has 0 amide bonds. The molecule has 2 atom stereocenters. The van der Waals surface area contributed by atoms with Crippen molar-refractivity contribution in [3.8, 4) is 11.5 Å². The Hall–Kier alpha value is -1.26. The molecule has 1 aromatic rings. The molecular weight excluding hydrogens is 182 g/mol. The molecule has 0 aromatic heterocycles. The van der Waals surface area contributed by atoms with Crippen LogP contribution in [0.4, 0.5) is 0 Å². The number of phenolic OH excluding ortho intramolecular Hbond substituents is 1. The van der Waals surface area contributed by atoms with Gasteiger partial charge in [0.15, 0.2) is 11.5 Å². The fourth-order valence-electron chi connectivity index (χ4n) is 1.18. The van der Waals surface area contributed by atoms with Gasteiger partial charge in [-0.3, -0.25) is 0 Å². The Balaban J connectivity index is 3.00. The fourth-order valence-corrected chi connectivity index (χ4v) is 1.18. The van der Waals surface area contributed by atoms with Crippen LogP contribution >= 0.6 is 0 Å². The second kappa shape index (κ2) is 4.30. The zero-order valence-electron chi connectivity index (χ0n) is 8.27. The molecule has 1 rings (SSSR count). The van der Waals surface area contributed by atoms with Gasteiger partial charge in [0, 0.05) is 0 Å². The third kappa shape index (κ3) is 2.16. The lowest BCUT2D eigenvalue weighted by molar-refractivity contribution is 0.164. The van der Waals surface area contributed by atoms with Crippen LogP contribution in [0.2, 0.25) is 0 Å². The normalized spacial score (nSPS) is 14.9. The van der Waals surface area contributed by atoms with Gasteiger partial charge in [0.1, 0.15) is 0 Å². The lowest BCUT2D eigenvalue weighted by Gasteiger charge is -2.16. The number of aromatic hydroxyl groups is 1. The molecule has 14 heavy (non-hydrogen) atoms. The van der Waals surface area contributed by atoms with Gasteiger partial charge in [-0.2, -0.15) is 0 Å². The van der Waals surface area contributed by atoms with Crippen LogP contribution in [0.5, 0.6) is 11.5 Å². The number of hydrogen-bond donors (Lipinski definition) is 3. The minimum absolute atomic E-state index is 0.0639. The van der Waals surface area contributed by atoms with E-state index in [1.807, 2.05) is 0 Å². The highest BCUT2D eigenvalue weighted by Crippen LogP contribution is 2.28. The Labute approximate surface area is 82.9 Å². The van der Waals surface area contributed by atoms with Gasteiger partial charge in [-0.05, 0) is 24.6 Å². The molecule has 0 unspecified atom stereocenters. The van der Waals surface area contributed by atoms with Crippen LogP contribution < -0.4 is 10.5 Å². The maximum atomic E-state index is 9.33. The number of rotatable bonds is 3. The largest absolute Gasteiger partial charge is 0.504 e. The summed E-state index contributed by atoms with van der Waals surface area (Å²) in [5.41, 5.74) is 6.46. The van der Waals surface area contributed by atoms with E-state index >= 15 is 0 Å². The van der Waals surface area contributed by atoms with Crippen LogP contribution in [-0.2, 0) is 0 Å². The van der Waals surface area contributed by atoms with Crippen LogP contribution in [-0.4, -0.2) is 23.4 Å². The third-order valence-electron chi connectivity index (χ3n) is 2.11. The first-order chi connectivity index (χ1) is 6.56. The summed E-state index contributed by atoms with van der Waals surface area (Å²) in [4.78, 5) is 0. The Morgan fingerprint density at radius 2 is 2.07 bits per heavy atom. The third-order valence-corrected chi connectivity index (χ3v) is 2.11. The van der Waals surface area contributed by atoms with Gasteiger partial charge in [0.25, 0.3) is 0 Å². The summed E-state index contributed by atoms with van der Waals surface area (Å²) >= 11 is 0. The van der Waals surface area contributed by atoms with Crippen LogP contribution in [0.1, 0.15) is 18.5 Å². The summed E-state index contributed by atoms with van der Waals surface area (Å²) in [5.74, 6) is 0.424. The van der Waals surface area contributed by atoms with Gasteiger partial charge in [-0.1, -0.05) is 6.07 Å². The average molecular weight is 197 g/mol. The number of benzene rings is 1. The SMILES string of the molecule is COc1cc([C@H](N)[C@H](C)O)ccc1O. The first-order valence-electron chi connectivity index (χ1n) is 4.36. The number of phenols is 1. The molecule has 1 aromatic carbocycles. The topological polar surface area (TPSA) is 75.7 Å². The van der Waals surface area contributed by atoms with E-state index in [4.69, 9.17) is 10.5 Å². The number of ether oxygens (including phenoxy) is 1. The first kappa shape index (κ1) is 10.8. The van der Waals surface area contributed by atoms with E-state index < -0.39 is 12.1 Å². The molecule has 0 aliphatic rings. The fraction of sp³-hybridized carbons (Fsp3) is 0.400. The van der Waals surface area contributed by atoms with Gasteiger partial charge in [-0.15, -0.1) is 0 Å². The van der Waals surface area contributed by atoms with E-state index in [0.717, 1.165) is 5.56 Å². The molecule has 0 aliphatic heterocycles. The summed E-state index contributed by atoms with van der Waals surface area (Å²) in [6.45, 7) is 1.62. The Morgan fingerprint density at radius 1 is 1.43 bits per heavy atom. The molecule has 0 spiro atoms. The Bertz CT molecular complexity index is 312. The lowest BCUT2D eigenvalue weighted by Crippen LogP contribution is -2.23. The molecule has 4 heteroatoms. The van der Waals surface area contributed by atoms with Gasteiger partial charge < -0.3 is 20.7 Å². The van der Waals surface area contributed by atoms with Crippen molar-refractivity contribution in [3.05, 3.63) is 23.8 Å². The predicted molar refractivity (Wildman–Crippen MR) is 53.3 cm³/mol. The first-order valence-corrected chi connectivity index (χ1v) is 4.36. The molecule has 0 fully saturated rings. The maximum Gasteiger partial charge on any atom is 0.160 e. The Kier molecular flexibility index (Phi) is 3.33. The van der Waals surface area contributed by atoms with E-state index in [9.17, 15) is 10.2 Å². The molecule has 78 valence electrons. The van der Waals surface area contributed by atoms with Gasteiger partial charge in [0.2, 0.25) is 0 Å². The van der Waals surface area contributed by atoms with Crippen molar-refractivity contribution in [3.63, 3.8) is 0 Å². The van der Waals surface area contributed by atoms with Gasteiger partial charge in [0.05, 0.1) is 19.3 Å². The number of methoxy groups -OCH3 is 1. The highest BCUT2D eigenvalue weighted by Gasteiger charge is 2.13. The molecule has 0 saturated heterocycles. The second-order valence-electron chi connectivity index (χ2n) is 3.20. The number of hydrogen-bond acceptors (Lipinski definition) is 4. The van der Waals surface area contributed by atoms with Crippen LogP contribution in [0.25, 0.3) is 0 Å². The van der Waals surface area contributed by atoms with E-state index in [1.165, 1.54) is 13.2 Å². The molecule has 4 nitrogen and oxygen atoms in total. The van der Waals surface area contributed by atoms with Crippen LogP contribution in [0, 0.1) is 0 Å². The minimum Gasteiger partial charge on any atom is -0.504 e. The zero-order valence-corrected chi connectivity index (χ0v) is 8.27. The lowest BCUT2D eigenvalue weighted by atomic mass is 10.0.